The van der Waals surface area contributed by atoms with Crippen LogP contribution in [0.15, 0.2) is 54.7 Å². The summed E-state index contributed by atoms with van der Waals surface area (Å²) in [6, 6.07) is -10.5. The topological polar surface area (TPSA) is 702 Å². The number of rotatable bonds is 34. The Hall–Kier alpha value is -12.7. The smallest absolute Gasteiger partial charge is 0.329 e. The number of nitrogen functional groups attached to an aromatic ring is 1. The molecule has 2 heterocycles. The Labute approximate surface area is 651 Å². The number of unbranched alkanes of at least 4 members (excludes halogenated alkanes) is 4. The number of aromatic nitrogens is 1. The molecule has 43 nitrogen and oxygen atoms in total. The Balaban J connectivity index is 1.87. The third kappa shape index (κ3) is 31.6. The van der Waals surface area contributed by atoms with Gasteiger partial charge in [-0.25, -0.2) is 4.79 Å². The predicted octanol–water partition coefficient (Wildman–Crippen LogP) is -6.01. The molecule has 1 aliphatic rings. The molecule has 0 spiro atoms. The number of hydrogen-bond acceptors (Lipinski definition) is 24. The number of Topliss-reactive ketones (excluding diaryl/α,β-unsaturated/α-hetero) is 1. The first kappa shape index (κ1) is 93.7. The van der Waals surface area contributed by atoms with Crippen LogP contribution in [0.4, 0.5) is 5.69 Å². The molecule has 2 aromatic carbocycles. The number of ether oxygens (including phenoxy) is 1. The third-order valence-electron chi connectivity index (χ3n) is 17.7. The number of para-hydroxylation sites is 2. The Kier molecular flexibility index (Phi) is 38.5. The van der Waals surface area contributed by atoms with Crippen molar-refractivity contribution in [2.75, 3.05) is 32.0 Å². The monoisotopic (exact) mass is 1610 g/mol. The molecule has 0 bridgehead atoms. The summed E-state index contributed by atoms with van der Waals surface area (Å²) < 4.78 is 5.66. The minimum atomic E-state index is -2.45. The lowest BCUT2D eigenvalue weighted by Gasteiger charge is -2.29. The molecule has 0 radical (unpaired) electrons. The fourth-order valence-corrected chi connectivity index (χ4v) is 11.4. The number of aliphatic hydroxyl groups excluding tert-OH is 1. The van der Waals surface area contributed by atoms with Crippen LogP contribution in [0.25, 0.3) is 10.9 Å². The van der Waals surface area contributed by atoms with Gasteiger partial charge in [0.05, 0.1) is 45.4 Å². The van der Waals surface area contributed by atoms with Crippen LogP contribution >= 0.6 is 0 Å². The van der Waals surface area contributed by atoms with Crippen molar-refractivity contribution in [3.63, 3.8) is 0 Å². The van der Waals surface area contributed by atoms with Crippen molar-refractivity contribution in [2.45, 2.75) is 203 Å². The van der Waals surface area contributed by atoms with E-state index in [-0.39, 0.29) is 30.6 Å². The van der Waals surface area contributed by atoms with Gasteiger partial charge in [-0.3, -0.25) is 91.1 Å². The molecule has 1 aromatic heterocycles. The van der Waals surface area contributed by atoms with Gasteiger partial charge in [-0.15, -0.1) is 0 Å². The minimum Gasteiger partial charge on any atom is -0.481 e. The summed E-state index contributed by atoms with van der Waals surface area (Å²) in [5, 5.41) is 78.3. The standard InChI is InChI=1S/C71H99N17O26/c1-5-6-7-8-9-15-34(2)60(102)82-44(24-37-30-75-41-19-13-11-16-38(37)41)66(108)84-45(26-52(74)91)67(109)86-48(29-58(100)101)68(110)88-59-36(4)114-71(113)49(25-51(90)39-17-10-12-18-40(39)73)87-64(106)43(21-22-55(94)95)81-69(111)50(33-89)80-54(93)31-76-62(104)46(27-56(96)97)83-61(103)35(3)78-65(107)47(28-57(98)99)85-63(105)42(20-14-23-72)79-53(92)32-77-70(59)112/h10-13,16-19,30,34-36,42-50,59,75,89H,5-9,14-15,20-29,31-33,72-73H2,1-4H3,(H2,74,91)(H,76,104)(H,77,112)(H,78,107)(H,79,92)(H,80,93)(H,81,111)(H,82,102)(H,83,103)(H,84,108)(H,85,105)(H,86,109)(H,87,106)(H,88,110)(H,94,95)(H,96,97)(H,98,99)(H,100,101)/t34?,35?,36?,42-,43?,44?,45?,46?,47?,48?,49?,50?,59?/m1/s1. The zero-order valence-corrected chi connectivity index (χ0v) is 62.9. The number of H-pyrrole nitrogens is 1. The number of carboxylic acids is 4. The second kappa shape index (κ2) is 46.8. The van der Waals surface area contributed by atoms with Crippen molar-refractivity contribution in [2.24, 2.45) is 17.4 Å². The molecule has 0 saturated carbocycles. The van der Waals surface area contributed by atoms with Crippen LogP contribution in [0.2, 0.25) is 0 Å². The van der Waals surface area contributed by atoms with E-state index >= 15 is 0 Å². The van der Waals surface area contributed by atoms with E-state index in [0.29, 0.717) is 29.3 Å². The summed E-state index contributed by atoms with van der Waals surface area (Å²) in [7, 11) is 0. The first-order chi connectivity index (χ1) is 53.9. The average Bonchev–Trinajstić information content (AvgIpc) is 1.61. The number of aromatic amines is 1. The summed E-state index contributed by atoms with van der Waals surface area (Å²) in [5.74, 6) is -28.8. The Morgan fingerprint density at radius 1 is 0.544 bits per heavy atom. The molecule has 1 fully saturated rings. The highest BCUT2D eigenvalue weighted by atomic mass is 16.5. The number of nitrogens with two attached hydrogens (primary N) is 3. The lowest BCUT2D eigenvalue weighted by atomic mass is 9.99. The van der Waals surface area contributed by atoms with Crippen molar-refractivity contribution < 1.29 is 126 Å². The molecular formula is C71H99N17O26. The maximum atomic E-state index is 14.8. The summed E-state index contributed by atoms with van der Waals surface area (Å²) in [5.41, 5.74) is 18.1. The van der Waals surface area contributed by atoms with Crippen LogP contribution in [-0.2, 0) is 102 Å². The molecule has 14 amide bonds. The first-order valence-corrected chi connectivity index (χ1v) is 36.3. The van der Waals surface area contributed by atoms with Gasteiger partial charge >= 0.3 is 29.8 Å². The number of fused-ring (bicyclic) bond motifs is 1. The quantitative estimate of drug-likeness (QED) is 0.0115. The van der Waals surface area contributed by atoms with E-state index in [4.69, 9.17) is 21.9 Å². The SMILES string of the molecule is CCCCCCCC(C)C(=O)NC(Cc1c[nH]c2ccccc12)C(=O)NC(CC(N)=O)C(=O)NC(CC(=O)O)C(=O)NC1C(=O)NCC(=O)N[C@H](CCCN)C(=O)NC(CC(=O)O)C(=O)NC(C)C(=O)NC(CC(=O)O)C(=O)NCC(=O)NC(CO)C(=O)NC(CCC(=O)O)C(=O)NC(CC(=O)c2ccccc2N)C(=O)OC1C. The molecule has 1 aliphatic heterocycles. The molecule has 1 saturated heterocycles. The summed E-state index contributed by atoms with van der Waals surface area (Å²) in [4.78, 5) is 276. The molecule has 0 aliphatic carbocycles. The number of benzene rings is 2. The van der Waals surface area contributed by atoms with Crippen LogP contribution in [0.5, 0.6) is 0 Å². The van der Waals surface area contributed by atoms with Crippen LogP contribution in [0.1, 0.15) is 140 Å². The van der Waals surface area contributed by atoms with Crippen LogP contribution < -0.4 is 86.3 Å². The van der Waals surface area contributed by atoms with Gasteiger partial charge < -0.3 is 122 Å². The van der Waals surface area contributed by atoms with Gasteiger partial charge in [0.25, 0.3) is 0 Å². The first-order valence-electron chi connectivity index (χ1n) is 36.3. The highest BCUT2D eigenvalue weighted by Gasteiger charge is 2.40. The number of amides is 14. The third-order valence-corrected chi connectivity index (χ3v) is 17.7. The Bertz CT molecular complexity index is 4020. The summed E-state index contributed by atoms with van der Waals surface area (Å²) >= 11 is 0. The van der Waals surface area contributed by atoms with Crippen molar-refractivity contribution in [1.82, 2.24) is 74.1 Å². The van der Waals surface area contributed by atoms with Crippen molar-refractivity contribution in [1.29, 1.82) is 0 Å². The van der Waals surface area contributed by atoms with Crippen LogP contribution in [0.3, 0.4) is 0 Å². The molecule has 624 valence electrons. The molecule has 3 aromatic rings. The molecule has 12 unspecified atom stereocenters. The molecule has 25 N–H and O–H groups in total. The number of aliphatic carboxylic acids is 4. The highest BCUT2D eigenvalue weighted by molar-refractivity contribution is 6.05. The number of nitrogens with one attached hydrogen (secondary N) is 14. The van der Waals surface area contributed by atoms with Gasteiger partial charge in [-0.05, 0) is 69.8 Å². The normalized spacial score (nSPS) is 21.3. The lowest BCUT2D eigenvalue weighted by molar-refractivity contribution is -0.156. The van der Waals surface area contributed by atoms with E-state index in [2.05, 4.69) is 58.2 Å². The average molecular weight is 1610 g/mol. The fourth-order valence-electron chi connectivity index (χ4n) is 11.4. The number of carbonyl (C=O) groups is 20. The van der Waals surface area contributed by atoms with Crippen molar-refractivity contribution in [3.8, 4) is 0 Å². The van der Waals surface area contributed by atoms with Gasteiger partial charge in [-0.1, -0.05) is 76.3 Å². The number of esters is 1. The van der Waals surface area contributed by atoms with Crippen LogP contribution in [-0.4, -0.2) is 248 Å². The van der Waals surface area contributed by atoms with E-state index in [1.165, 1.54) is 24.3 Å². The molecular weight excluding hydrogens is 1510 g/mol. The number of carboxylic acid groups (broad SMARTS) is 4. The van der Waals surface area contributed by atoms with Crippen molar-refractivity contribution in [3.05, 3.63) is 65.9 Å². The van der Waals surface area contributed by atoms with Gasteiger partial charge in [-0.2, -0.15) is 0 Å². The van der Waals surface area contributed by atoms with E-state index in [0.717, 1.165) is 39.5 Å². The minimum absolute atomic E-state index is 0.0933. The highest BCUT2D eigenvalue weighted by Crippen LogP contribution is 2.22. The van der Waals surface area contributed by atoms with Gasteiger partial charge in [0.1, 0.15) is 72.6 Å². The number of aliphatic hydroxyl groups is 1. The zero-order chi connectivity index (χ0) is 85.1. The fraction of sp³-hybridized carbons (Fsp3) is 0.521. The Morgan fingerprint density at radius 2 is 1.07 bits per heavy atom. The summed E-state index contributed by atoms with van der Waals surface area (Å²) in [6.45, 7) is 1.65. The predicted molar refractivity (Wildman–Crippen MR) is 396 cm³/mol. The maximum absolute atomic E-state index is 14.8. The molecule has 4 rings (SSSR count). The second-order valence-corrected chi connectivity index (χ2v) is 26.9. The molecule has 13 atom stereocenters. The van der Waals surface area contributed by atoms with E-state index < -0.39 is 268 Å². The van der Waals surface area contributed by atoms with Gasteiger partial charge in [0.15, 0.2) is 5.78 Å². The summed E-state index contributed by atoms with van der Waals surface area (Å²) in [6.07, 6.45) is -4.36. The number of carbonyl (C=O) groups excluding carboxylic acids is 16. The second-order valence-electron chi connectivity index (χ2n) is 26.9. The van der Waals surface area contributed by atoms with E-state index in [1.54, 1.807) is 37.4 Å². The number of hydrogen-bond donors (Lipinski definition) is 22. The number of ketones is 1. The lowest BCUT2D eigenvalue weighted by Crippen LogP contribution is -2.61. The zero-order valence-electron chi connectivity index (χ0n) is 62.9. The Morgan fingerprint density at radius 3 is 1.67 bits per heavy atom. The maximum Gasteiger partial charge on any atom is 0.329 e. The largest absolute Gasteiger partial charge is 0.481 e. The van der Waals surface area contributed by atoms with Gasteiger partial charge in [0, 0.05) is 53.5 Å². The van der Waals surface area contributed by atoms with E-state index in [1.807, 2.05) is 22.9 Å². The molecule has 43 heteroatoms. The number of primary amides is 1. The van der Waals surface area contributed by atoms with Gasteiger partial charge in [0.2, 0.25) is 82.7 Å². The van der Waals surface area contributed by atoms with Crippen LogP contribution in [0, 0.1) is 5.92 Å². The number of anilines is 1. The van der Waals surface area contributed by atoms with Crippen molar-refractivity contribution >= 4 is 135 Å². The number of cyclic esters (lactones) is 1. The molecule has 114 heavy (non-hydrogen) atoms. The van der Waals surface area contributed by atoms with E-state index in [9.17, 15) is 121 Å².